The third kappa shape index (κ3) is 1.40. The Hall–Kier alpha value is -0.600. The minimum atomic E-state index is 0.0104. The Bertz CT molecular complexity index is 179. The maximum Gasteiger partial charge on any atom is 0.0486 e. The molecule has 0 aromatic carbocycles. The highest BCUT2D eigenvalue weighted by Crippen LogP contribution is 2.13. The first kappa shape index (κ1) is 6.52. The molecule has 0 aliphatic heterocycles. The van der Waals surface area contributed by atoms with Crippen molar-refractivity contribution < 1.29 is 0 Å². The van der Waals surface area contributed by atoms with Gasteiger partial charge in [-0.1, -0.05) is 6.08 Å². The Morgan fingerprint density at radius 1 is 1.78 bits per heavy atom. The van der Waals surface area contributed by atoms with Crippen LogP contribution < -0.4 is 5.73 Å². The highest BCUT2D eigenvalue weighted by atomic mass is 32.1. The summed E-state index contributed by atoms with van der Waals surface area (Å²) in [5.41, 5.74) is 6.78. The van der Waals surface area contributed by atoms with Crippen LogP contribution >= 0.6 is 11.3 Å². The van der Waals surface area contributed by atoms with Gasteiger partial charge in [0.15, 0.2) is 0 Å². The lowest BCUT2D eigenvalue weighted by molar-refractivity contribution is 0.921. The molecule has 1 unspecified atom stereocenters. The van der Waals surface area contributed by atoms with Crippen LogP contribution in [0.3, 0.4) is 0 Å². The first-order valence-corrected chi connectivity index (χ1v) is 3.69. The molecule has 2 heteroatoms. The molecule has 0 spiro atoms. The molecule has 1 nitrogen and oxygen atoms in total. The average molecular weight is 139 g/mol. The van der Waals surface area contributed by atoms with Gasteiger partial charge < -0.3 is 5.73 Å². The summed E-state index contributed by atoms with van der Waals surface area (Å²) in [5.74, 6) is 0. The number of nitrogens with two attached hydrogens (primary N) is 1. The van der Waals surface area contributed by atoms with Crippen molar-refractivity contribution in [3.05, 3.63) is 35.0 Å². The smallest absolute Gasteiger partial charge is 0.0486 e. The van der Waals surface area contributed by atoms with Gasteiger partial charge in [0.2, 0.25) is 0 Å². The number of hydrogen-bond acceptors (Lipinski definition) is 2. The lowest BCUT2D eigenvalue weighted by Crippen LogP contribution is -2.04. The van der Waals surface area contributed by atoms with Gasteiger partial charge in [0.1, 0.15) is 0 Å². The SMILES string of the molecule is C=CC(N)c1ccsc1. The van der Waals surface area contributed by atoms with Gasteiger partial charge in [0, 0.05) is 6.04 Å². The first-order chi connectivity index (χ1) is 4.34. The second-order valence-electron chi connectivity index (χ2n) is 1.82. The summed E-state index contributed by atoms with van der Waals surface area (Å²) in [4.78, 5) is 0. The van der Waals surface area contributed by atoms with Gasteiger partial charge in [-0.2, -0.15) is 11.3 Å². The number of rotatable bonds is 2. The lowest BCUT2D eigenvalue weighted by atomic mass is 10.2. The van der Waals surface area contributed by atoms with E-state index in [-0.39, 0.29) is 6.04 Å². The molecule has 1 aromatic heterocycles. The lowest BCUT2D eigenvalue weighted by Gasteiger charge is -1.99. The molecule has 9 heavy (non-hydrogen) atoms. The van der Waals surface area contributed by atoms with Crippen molar-refractivity contribution in [2.24, 2.45) is 5.73 Å². The van der Waals surface area contributed by atoms with Gasteiger partial charge in [-0.15, -0.1) is 6.58 Å². The Morgan fingerprint density at radius 2 is 2.56 bits per heavy atom. The van der Waals surface area contributed by atoms with Crippen LogP contribution in [-0.2, 0) is 0 Å². The fraction of sp³-hybridized carbons (Fsp3) is 0.143. The van der Waals surface area contributed by atoms with Gasteiger partial charge in [-0.05, 0) is 22.4 Å². The fourth-order valence-electron chi connectivity index (χ4n) is 0.601. The fourth-order valence-corrected chi connectivity index (χ4v) is 1.31. The van der Waals surface area contributed by atoms with Gasteiger partial charge in [0.25, 0.3) is 0 Å². The second kappa shape index (κ2) is 2.80. The largest absolute Gasteiger partial charge is 0.321 e. The molecule has 0 saturated carbocycles. The van der Waals surface area contributed by atoms with Crippen LogP contribution in [0.15, 0.2) is 29.5 Å². The molecule has 1 rings (SSSR count). The van der Waals surface area contributed by atoms with Gasteiger partial charge in [-0.25, -0.2) is 0 Å². The standard InChI is InChI=1S/C7H9NS/c1-2-7(8)6-3-4-9-5-6/h2-5,7H,1,8H2. The Morgan fingerprint density at radius 3 is 3.00 bits per heavy atom. The molecule has 0 saturated heterocycles. The first-order valence-electron chi connectivity index (χ1n) is 2.75. The Balaban J connectivity index is 2.76. The summed E-state index contributed by atoms with van der Waals surface area (Å²) in [5, 5.41) is 4.05. The second-order valence-corrected chi connectivity index (χ2v) is 2.60. The normalized spacial score (nSPS) is 13.0. The third-order valence-corrected chi connectivity index (χ3v) is 1.88. The highest BCUT2D eigenvalue weighted by Gasteiger charge is 1.98. The minimum Gasteiger partial charge on any atom is -0.321 e. The van der Waals surface area contributed by atoms with E-state index in [0.29, 0.717) is 0 Å². The summed E-state index contributed by atoms with van der Waals surface area (Å²) < 4.78 is 0. The van der Waals surface area contributed by atoms with Crippen LogP contribution in [0, 0.1) is 0 Å². The van der Waals surface area contributed by atoms with E-state index in [4.69, 9.17) is 5.73 Å². The number of hydrogen-bond donors (Lipinski definition) is 1. The van der Waals surface area contributed by atoms with Crippen molar-refractivity contribution in [3.63, 3.8) is 0 Å². The maximum absolute atomic E-state index is 5.63. The summed E-state index contributed by atoms with van der Waals surface area (Å²) in [6, 6.07) is 2.02. The molecule has 48 valence electrons. The molecule has 2 N–H and O–H groups in total. The van der Waals surface area contributed by atoms with E-state index in [0.717, 1.165) is 5.56 Å². The van der Waals surface area contributed by atoms with E-state index in [1.165, 1.54) is 0 Å². The molecular weight excluding hydrogens is 130 g/mol. The van der Waals surface area contributed by atoms with E-state index in [9.17, 15) is 0 Å². The molecule has 1 atom stereocenters. The zero-order valence-corrected chi connectivity index (χ0v) is 5.90. The predicted molar refractivity (Wildman–Crippen MR) is 41.4 cm³/mol. The van der Waals surface area contributed by atoms with Crippen molar-refractivity contribution in [1.29, 1.82) is 0 Å². The van der Waals surface area contributed by atoms with E-state index in [2.05, 4.69) is 6.58 Å². The van der Waals surface area contributed by atoms with Crippen molar-refractivity contribution in [2.75, 3.05) is 0 Å². The van der Waals surface area contributed by atoms with Crippen molar-refractivity contribution in [3.8, 4) is 0 Å². The third-order valence-electron chi connectivity index (χ3n) is 1.18. The Labute approximate surface area is 58.8 Å². The minimum absolute atomic E-state index is 0.0104. The van der Waals surface area contributed by atoms with E-state index in [1.54, 1.807) is 17.4 Å². The van der Waals surface area contributed by atoms with Crippen LogP contribution in [0.5, 0.6) is 0 Å². The molecule has 0 fully saturated rings. The van der Waals surface area contributed by atoms with Crippen LogP contribution in [0.25, 0.3) is 0 Å². The van der Waals surface area contributed by atoms with Crippen molar-refractivity contribution in [2.45, 2.75) is 6.04 Å². The van der Waals surface area contributed by atoms with E-state index < -0.39 is 0 Å². The zero-order valence-electron chi connectivity index (χ0n) is 5.08. The van der Waals surface area contributed by atoms with Crippen molar-refractivity contribution in [1.82, 2.24) is 0 Å². The molecule has 0 aliphatic rings. The van der Waals surface area contributed by atoms with Gasteiger partial charge in [-0.3, -0.25) is 0 Å². The maximum atomic E-state index is 5.63. The summed E-state index contributed by atoms with van der Waals surface area (Å²) in [6.45, 7) is 3.60. The van der Waals surface area contributed by atoms with Crippen LogP contribution in [-0.4, -0.2) is 0 Å². The monoisotopic (exact) mass is 139 g/mol. The molecule has 1 heterocycles. The summed E-state index contributed by atoms with van der Waals surface area (Å²) >= 11 is 1.66. The molecule has 1 aromatic rings. The van der Waals surface area contributed by atoms with Gasteiger partial charge >= 0.3 is 0 Å². The van der Waals surface area contributed by atoms with E-state index >= 15 is 0 Å². The predicted octanol–water partition coefficient (Wildman–Crippen LogP) is 1.93. The van der Waals surface area contributed by atoms with Crippen LogP contribution in [0.4, 0.5) is 0 Å². The summed E-state index contributed by atoms with van der Waals surface area (Å²) in [7, 11) is 0. The molecule has 0 radical (unpaired) electrons. The molecule has 0 amide bonds. The topological polar surface area (TPSA) is 26.0 Å². The zero-order chi connectivity index (χ0) is 6.69. The molecule has 0 bridgehead atoms. The summed E-state index contributed by atoms with van der Waals surface area (Å²) in [6.07, 6.45) is 1.74. The number of thiophene rings is 1. The molecular formula is C7H9NS. The molecule has 0 aliphatic carbocycles. The van der Waals surface area contributed by atoms with E-state index in [1.807, 2.05) is 16.8 Å². The van der Waals surface area contributed by atoms with Crippen LogP contribution in [0.2, 0.25) is 0 Å². The quantitative estimate of drug-likeness (QED) is 0.622. The Kier molecular flexibility index (Phi) is 2.03. The van der Waals surface area contributed by atoms with Gasteiger partial charge in [0.05, 0.1) is 0 Å². The average Bonchev–Trinajstić information content (AvgIpc) is 2.37. The van der Waals surface area contributed by atoms with Crippen molar-refractivity contribution >= 4 is 11.3 Å². The van der Waals surface area contributed by atoms with Crippen LogP contribution in [0.1, 0.15) is 11.6 Å². The highest BCUT2D eigenvalue weighted by molar-refractivity contribution is 7.07.